The summed E-state index contributed by atoms with van der Waals surface area (Å²) in [6.07, 6.45) is 7.83. The van der Waals surface area contributed by atoms with E-state index in [0.29, 0.717) is 17.8 Å². The monoisotopic (exact) mass is 252 g/mol. The molecule has 0 aromatic carbocycles. The molecule has 3 unspecified atom stereocenters. The molecular weight excluding hydrogens is 236 g/mol. The Balaban J connectivity index is 0. The first kappa shape index (κ1) is 16.2. The van der Waals surface area contributed by atoms with Gasteiger partial charge in [0.05, 0.1) is 0 Å². The summed E-state index contributed by atoms with van der Waals surface area (Å²) >= 11 is 0. The third kappa shape index (κ3) is 4.66. The van der Waals surface area contributed by atoms with Crippen LogP contribution in [0.15, 0.2) is 25.3 Å². The number of rotatable bonds is 2. The van der Waals surface area contributed by atoms with E-state index in [1.54, 1.807) is 0 Å². The van der Waals surface area contributed by atoms with Gasteiger partial charge in [-0.2, -0.15) is 5.92 Å². The van der Waals surface area contributed by atoms with E-state index in [0.717, 1.165) is 0 Å². The van der Waals surface area contributed by atoms with Crippen molar-refractivity contribution in [1.82, 2.24) is 0 Å². The molecule has 1 aliphatic carbocycles. The molecule has 0 N–H and O–H groups in total. The van der Waals surface area contributed by atoms with Crippen LogP contribution in [-0.2, 0) is 0 Å². The summed E-state index contributed by atoms with van der Waals surface area (Å²) in [5, 5.41) is 0. The molecule has 0 saturated heterocycles. The molecule has 0 radical (unpaired) electrons. The van der Waals surface area contributed by atoms with Gasteiger partial charge in [-0.3, -0.25) is 0 Å². The van der Waals surface area contributed by atoms with Crippen molar-refractivity contribution in [1.29, 1.82) is 0 Å². The summed E-state index contributed by atoms with van der Waals surface area (Å²) in [5.41, 5.74) is 0. The predicted octanol–water partition coefficient (Wildman–Crippen LogP) is -0.152. The second kappa shape index (κ2) is 8.07. The Morgan fingerprint density at radius 1 is 1.15 bits per heavy atom. The minimum absolute atomic E-state index is 0. The zero-order valence-corrected chi connectivity index (χ0v) is 11.2. The van der Waals surface area contributed by atoms with E-state index in [1.807, 2.05) is 6.08 Å². The number of allylic oxidation sites excluding steroid dienone is 2. The van der Waals surface area contributed by atoms with Crippen LogP contribution >= 0.6 is 0 Å². The summed E-state index contributed by atoms with van der Waals surface area (Å²) in [6.45, 7) is 11.8. The third-order valence-electron chi connectivity index (χ3n) is 2.72. The molecule has 0 amide bonds. The molecule has 70 valence electrons. The maximum atomic E-state index is 4.11. The Morgan fingerprint density at radius 2 is 1.77 bits per heavy atom. The van der Waals surface area contributed by atoms with Gasteiger partial charge in [-0.15, -0.1) is 13.2 Å². The summed E-state index contributed by atoms with van der Waals surface area (Å²) in [7, 11) is 0. The molecule has 2 heteroatoms. The molecule has 0 nitrogen and oxygen atoms in total. The fraction of sp³-hybridized carbons (Fsp3) is 0.545. The van der Waals surface area contributed by atoms with Crippen LogP contribution < -0.4 is 17.0 Å². The van der Waals surface area contributed by atoms with Gasteiger partial charge in [0.25, 0.3) is 0 Å². The van der Waals surface area contributed by atoms with E-state index in [9.17, 15) is 0 Å². The average molecular weight is 253 g/mol. The molecule has 1 saturated carbocycles. The molecule has 3 atom stereocenters. The van der Waals surface area contributed by atoms with Crippen molar-refractivity contribution in [2.75, 3.05) is 0 Å². The number of hydrogen-bond acceptors (Lipinski definition) is 0. The summed E-state index contributed by atoms with van der Waals surface area (Å²) < 4.78 is 0. The third-order valence-corrected chi connectivity index (χ3v) is 2.72. The molecule has 1 rings (SSSR count). The maximum Gasteiger partial charge on any atom is 2.00 e. The van der Waals surface area contributed by atoms with E-state index < -0.39 is 0 Å². The van der Waals surface area contributed by atoms with Gasteiger partial charge in [-0.1, -0.05) is 18.6 Å². The quantitative estimate of drug-likeness (QED) is 0.365. The standard InChI is InChI=1S/C11H17.BrH.Mg/c1-4-10-7-6-9(3)11(5-2)8-10;;/h4-5,9-11H,1-3,6-8H2;1H;/q-1;;+2/p-1. The van der Waals surface area contributed by atoms with Crippen molar-refractivity contribution < 1.29 is 17.0 Å². The normalized spacial score (nSPS) is 32.2. The summed E-state index contributed by atoms with van der Waals surface area (Å²) in [5.74, 6) is 1.91. The fourth-order valence-electron chi connectivity index (χ4n) is 1.80. The number of hydrogen-bond donors (Lipinski definition) is 0. The zero-order valence-electron chi connectivity index (χ0n) is 8.21. The summed E-state index contributed by atoms with van der Waals surface area (Å²) in [6, 6.07) is 0. The first-order chi connectivity index (χ1) is 5.27. The molecule has 0 spiro atoms. The number of halogens is 1. The van der Waals surface area contributed by atoms with Crippen molar-refractivity contribution in [3.8, 4) is 0 Å². The van der Waals surface area contributed by atoms with Gasteiger partial charge in [-0.05, 0) is 24.7 Å². The van der Waals surface area contributed by atoms with Crippen molar-refractivity contribution in [2.24, 2.45) is 17.8 Å². The molecule has 1 aliphatic rings. The van der Waals surface area contributed by atoms with Crippen molar-refractivity contribution >= 4 is 23.1 Å². The van der Waals surface area contributed by atoms with E-state index in [2.05, 4.69) is 26.2 Å². The van der Waals surface area contributed by atoms with Crippen molar-refractivity contribution in [3.63, 3.8) is 0 Å². The molecule has 13 heavy (non-hydrogen) atoms. The van der Waals surface area contributed by atoms with Gasteiger partial charge in [0, 0.05) is 0 Å². The van der Waals surface area contributed by atoms with Crippen LogP contribution in [0.4, 0.5) is 0 Å². The minimum Gasteiger partial charge on any atom is -1.00 e. The van der Waals surface area contributed by atoms with Crippen LogP contribution in [0.1, 0.15) is 19.3 Å². The van der Waals surface area contributed by atoms with Gasteiger partial charge in [0.1, 0.15) is 0 Å². The first-order valence-corrected chi connectivity index (χ1v) is 4.36. The van der Waals surface area contributed by atoms with Crippen LogP contribution in [0.5, 0.6) is 0 Å². The van der Waals surface area contributed by atoms with Gasteiger partial charge < -0.3 is 23.9 Å². The molecule has 0 aromatic heterocycles. The smallest absolute Gasteiger partial charge is 1.00 e. The predicted molar refractivity (Wildman–Crippen MR) is 55.8 cm³/mol. The maximum absolute atomic E-state index is 4.11. The second-order valence-electron chi connectivity index (χ2n) is 3.47. The fourth-order valence-corrected chi connectivity index (χ4v) is 1.80. The molecular formula is C11H17BrMg. The Morgan fingerprint density at radius 3 is 2.23 bits per heavy atom. The van der Waals surface area contributed by atoms with Gasteiger partial charge in [0.15, 0.2) is 0 Å². The van der Waals surface area contributed by atoms with Crippen LogP contribution in [0.25, 0.3) is 0 Å². The summed E-state index contributed by atoms with van der Waals surface area (Å²) in [4.78, 5) is 0. The van der Waals surface area contributed by atoms with E-state index in [-0.39, 0.29) is 40.0 Å². The van der Waals surface area contributed by atoms with Crippen LogP contribution in [0.3, 0.4) is 0 Å². The first-order valence-electron chi connectivity index (χ1n) is 4.36. The second-order valence-corrected chi connectivity index (χ2v) is 3.47. The van der Waals surface area contributed by atoms with Gasteiger partial charge >= 0.3 is 23.1 Å². The minimum atomic E-state index is 0. The van der Waals surface area contributed by atoms with Crippen LogP contribution in [-0.4, -0.2) is 23.1 Å². The average Bonchev–Trinajstić information content (AvgIpc) is 2.05. The van der Waals surface area contributed by atoms with E-state index >= 15 is 0 Å². The SMILES string of the molecule is C=CC1CCC([CH2-])C(C=C)C1.[Br-].[Mg+2]. The zero-order chi connectivity index (χ0) is 8.27. The van der Waals surface area contributed by atoms with Crippen molar-refractivity contribution in [3.05, 3.63) is 32.2 Å². The van der Waals surface area contributed by atoms with E-state index in [1.165, 1.54) is 19.3 Å². The molecule has 0 heterocycles. The Bertz CT molecular complexity index is 156. The molecule has 0 aliphatic heterocycles. The Hall–Kier alpha value is 0.726. The van der Waals surface area contributed by atoms with Crippen molar-refractivity contribution in [2.45, 2.75) is 19.3 Å². The Kier molecular flexibility index (Phi) is 10.0. The van der Waals surface area contributed by atoms with Gasteiger partial charge in [-0.25, -0.2) is 0 Å². The topological polar surface area (TPSA) is 0 Å². The molecule has 0 aromatic rings. The largest absolute Gasteiger partial charge is 2.00 e. The van der Waals surface area contributed by atoms with E-state index in [4.69, 9.17) is 0 Å². The molecule has 0 bridgehead atoms. The Labute approximate surface area is 109 Å². The van der Waals surface area contributed by atoms with Gasteiger partial charge in [0.2, 0.25) is 0 Å². The molecule has 1 fully saturated rings. The van der Waals surface area contributed by atoms with Crippen LogP contribution in [0, 0.1) is 24.7 Å². The van der Waals surface area contributed by atoms with Crippen LogP contribution in [0.2, 0.25) is 0 Å².